The number of benzene rings is 2. The predicted molar refractivity (Wildman–Crippen MR) is 75.9 cm³/mol. The summed E-state index contributed by atoms with van der Waals surface area (Å²) in [5.74, 6) is 3.14. The van der Waals surface area contributed by atoms with Crippen molar-refractivity contribution in [2.24, 2.45) is 0 Å². The van der Waals surface area contributed by atoms with Crippen LogP contribution in [0.2, 0.25) is 0 Å². The maximum absolute atomic E-state index is 6.16. The summed E-state index contributed by atoms with van der Waals surface area (Å²) in [7, 11) is 2.21. The van der Waals surface area contributed by atoms with E-state index >= 15 is 0 Å². The molecule has 0 amide bonds. The molecule has 2 aliphatic rings. The molecule has 0 saturated carbocycles. The van der Waals surface area contributed by atoms with Crippen molar-refractivity contribution in [2.45, 2.75) is 11.8 Å². The molecular formula is C17H17NO. The summed E-state index contributed by atoms with van der Waals surface area (Å²) in [6.45, 7) is 2.22. The Hall–Kier alpha value is -1.80. The average molecular weight is 251 g/mol. The highest BCUT2D eigenvalue weighted by Crippen LogP contribution is 2.49. The number of para-hydroxylation sites is 2. The summed E-state index contributed by atoms with van der Waals surface area (Å²) in [5, 5.41) is 0. The molecule has 1 saturated heterocycles. The molecule has 0 N–H and O–H groups in total. The van der Waals surface area contributed by atoms with Gasteiger partial charge in [-0.15, -0.1) is 0 Å². The van der Waals surface area contributed by atoms with Crippen molar-refractivity contribution in [1.29, 1.82) is 0 Å². The van der Waals surface area contributed by atoms with Gasteiger partial charge in [0.25, 0.3) is 0 Å². The van der Waals surface area contributed by atoms with Gasteiger partial charge in [-0.05, 0) is 30.3 Å². The largest absolute Gasteiger partial charge is 0.457 e. The molecule has 96 valence electrons. The van der Waals surface area contributed by atoms with Crippen molar-refractivity contribution in [3.8, 4) is 11.5 Å². The van der Waals surface area contributed by atoms with E-state index in [1.807, 2.05) is 0 Å². The predicted octanol–water partition coefficient (Wildman–Crippen LogP) is 3.61. The zero-order valence-electron chi connectivity index (χ0n) is 11.0. The van der Waals surface area contributed by atoms with Crippen LogP contribution in [0.1, 0.15) is 23.0 Å². The summed E-state index contributed by atoms with van der Waals surface area (Å²) < 4.78 is 6.16. The fraction of sp³-hybridized carbons (Fsp3) is 0.294. The van der Waals surface area contributed by atoms with E-state index in [4.69, 9.17) is 4.74 Å². The normalized spacial score (nSPS) is 24.9. The highest BCUT2D eigenvalue weighted by Gasteiger charge is 2.38. The molecular weight excluding hydrogens is 234 g/mol. The minimum absolute atomic E-state index is 0.546. The molecule has 2 heterocycles. The highest BCUT2D eigenvalue weighted by atomic mass is 16.5. The van der Waals surface area contributed by atoms with Crippen LogP contribution in [0.15, 0.2) is 48.5 Å². The van der Waals surface area contributed by atoms with Crippen LogP contribution in [0.25, 0.3) is 0 Å². The van der Waals surface area contributed by atoms with Crippen molar-refractivity contribution in [1.82, 2.24) is 4.90 Å². The van der Waals surface area contributed by atoms with E-state index in [-0.39, 0.29) is 0 Å². The van der Waals surface area contributed by atoms with Gasteiger partial charge in [0.15, 0.2) is 0 Å². The lowest BCUT2D eigenvalue weighted by Gasteiger charge is -2.16. The second-order valence-electron chi connectivity index (χ2n) is 5.61. The number of hydrogen-bond donors (Lipinski definition) is 0. The van der Waals surface area contributed by atoms with E-state index in [1.165, 1.54) is 11.1 Å². The van der Waals surface area contributed by atoms with Gasteiger partial charge in [0, 0.05) is 24.9 Å². The van der Waals surface area contributed by atoms with Gasteiger partial charge in [-0.25, -0.2) is 0 Å². The van der Waals surface area contributed by atoms with Crippen LogP contribution in [0.5, 0.6) is 11.5 Å². The van der Waals surface area contributed by atoms with Gasteiger partial charge in [0.05, 0.1) is 0 Å². The third-order valence-electron chi connectivity index (χ3n) is 4.36. The maximum atomic E-state index is 6.16. The summed E-state index contributed by atoms with van der Waals surface area (Å²) in [4.78, 5) is 2.42. The summed E-state index contributed by atoms with van der Waals surface area (Å²) in [5.41, 5.74) is 2.71. The molecule has 2 unspecified atom stereocenters. The zero-order valence-corrected chi connectivity index (χ0v) is 11.0. The van der Waals surface area contributed by atoms with E-state index in [9.17, 15) is 0 Å². The Morgan fingerprint density at radius 1 is 0.842 bits per heavy atom. The zero-order chi connectivity index (χ0) is 12.8. The Kier molecular flexibility index (Phi) is 2.39. The molecule has 2 heteroatoms. The van der Waals surface area contributed by atoms with Crippen LogP contribution in [0.3, 0.4) is 0 Å². The molecule has 19 heavy (non-hydrogen) atoms. The fourth-order valence-corrected chi connectivity index (χ4v) is 3.51. The lowest BCUT2D eigenvalue weighted by atomic mass is 9.84. The topological polar surface area (TPSA) is 12.5 Å². The van der Waals surface area contributed by atoms with Crippen molar-refractivity contribution >= 4 is 0 Å². The first-order chi connectivity index (χ1) is 9.33. The van der Waals surface area contributed by atoms with E-state index in [1.54, 1.807) is 0 Å². The van der Waals surface area contributed by atoms with Crippen molar-refractivity contribution in [3.05, 3.63) is 59.7 Å². The SMILES string of the molecule is CN1CC2c3ccccc3Oc3ccccc3C2C1. The second kappa shape index (κ2) is 4.10. The first kappa shape index (κ1) is 11.1. The maximum Gasteiger partial charge on any atom is 0.130 e. The molecule has 2 aliphatic heterocycles. The Morgan fingerprint density at radius 2 is 1.32 bits per heavy atom. The number of nitrogens with zero attached hydrogens (tertiary/aromatic N) is 1. The number of likely N-dealkylation sites (tertiary alicyclic amines) is 1. The van der Waals surface area contributed by atoms with Gasteiger partial charge < -0.3 is 9.64 Å². The highest BCUT2D eigenvalue weighted by molar-refractivity contribution is 5.50. The summed E-state index contributed by atoms with van der Waals surface area (Å²) in [6, 6.07) is 17.0. The lowest BCUT2D eigenvalue weighted by molar-refractivity contribution is 0.401. The van der Waals surface area contributed by atoms with Crippen molar-refractivity contribution in [2.75, 3.05) is 20.1 Å². The number of ether oxygens (including phenoxy) is 1. The summed E-state index contributed by atoms with van der Waals surface area (Å²) >= 11 is 0. The van der Waals surface area contributed by atoms with Gasteiger partial charge in [-0.3, -0.25) is 0 Å². The van der Waals surface area contributed by atoms with Gasteiger partial charge in [-0.1, -0.05) is 36.4 Å². The molecule has 4 rings (SSSR count). The first-order valence-corrected chi connectivity index (χ1v) is 6.87. The van der Waals surface area contributed by atoms with E-state index < -0.39 is 0 Å². The number of rotatable bonds is 0. The Bertz CT molecular complexity index is 569. The molecule has 2 aromatic rings. The lowest BCUT2D eigenvalue weighted by Crippen LogP contribution is -2.14. The molecule has 2 aromatic carbocycles. The third-order valence-corrected chi connectivity index (χ3v) is 4.36. The molecule has 2 atom stereocenters. The Balaban J connectivity index is 1.93. The fourth-order valence-electron chi connectivity index (χ4n) is 3.51. The number of fused-ring (bicyclic) bond motifs is 5. The monoisotopic (exact) mass is 251 g/mol. The Morgan fingerprint density at radius 3 is 1.84 bits per heavy atom. The van der Waals surface area contributed by atoms with Crippen LogP contribution in [0, 0.1) is 0 Å². The molecule has 0 bridgehead atoms. The minimum Gasteiger partial charge on any atom is -0.457 e. The van der Waals surface area contributed by atoms with Gasteiger partial charge >= 0.3 is 0 Å². The van der Waals surface area contributed by atoms with E-state index in [0.717, 1.165) is 24.6 Å². The standard InChI is InChI=1S/C17H17NO/c1-18-10-14-12-6-2-4-8-16(12)19-17-9-5-3-7-13(17)15(14)11-18/h2-9,14-15H,10-11H2,1H3. The van der Waals surface area contributed by atoms with Gasteiger partial charge in [0.2, 0.25) is 0 Å². The average Bonchev–Trinajstić information content (AvgIpc) is 2.76. The smallest absolute Gasteiger partial charge is 0.130 e. The molecule has 2 nitrogen and oxygen atoms in total. The number of hydrogen-bond acceptors (Lipinski definition) is 2. The van der Waals surface area contributed by atoms with Crippen LogP contribution >= 0.6 is 0 Å². The molecule has 0 aliphatic carbocycles. The third kappa shape index (κ3) is 1.67. The molecule has 0 spiro atoms. The molecule has 0 aromatic heterocycles. The molecule has 1 fully saturated rings. The quantitative estimate of drug-likeness (QED) is 0.709. The van der Waals surface area contributed by atoms with Crippen molar-refractivity contribution in [3.63, 3.8) is 0 Å². The van der Waals surface area contributed by atoms with Gasteiger partial charge in [-0.2, -0.15) is 0 Å². The first-order valence-electron chi connectivity index (χ1n) is 6.87. The van der Waals surface area contributed by atoms with E-state index in [0.29, 0.717) is 11.8 Å². The number of likely N-dealkylation sites (N-methyl/N-ethyl adjacent to an activating group) is 1. The minimum atomic E-state index is 0.546. The summed E-state index contributed by atoms with van der Waals surface area (Å²) in [6.07, 6.45) is 0. The van der Waals surface area contributed by atoms with E-state index in [2.05, 4.69) is 60.5 Å². The Labute approximate surface area is 113 Å². The van der Waals surface area contributed by atoms with Crippen LogP contribution in [-0.4, -0.2) is 25.0 Å². The molecule has 0 radical (unpaired) electrons. The van der Waals surface area contributed by atoms with Gasteiger partial charge in [0.1, 0.15) is 11.5 Å². The van der Waals surface area contributed by atoms with Crippen molar-refractivity contribution < 1.29 is 4.74 Å². The van der Waals surface area contributed by atoms with Crippen LogP contribution in [0.4, 0.5) is 0 Å². The van der Waals surface area contributed by atoms with Crippen LogP contribution in [-0.2, 0) is 0 Å². The second-order valence-corrected chi connectivity index (χ2v) is 5.61. The van der Waals surface area contributed by atoms with Crippen LogP contribution < -0.4 is 4.74 Å².